The van der Waals surface area contributed by atoms with Gasteiger partial charge in [-0.15, -0.1) is 18.3 Å². The van der Waals surface area contributed by atoms with Gasteiger partial charge in [-0.05, 0) is 91.1 Å². The number of unbranched alkanes of at least 4 members (excludes halogenated alkanes) is 2. The first kappa shape index (κ1) is 40.3. The van der Waals surface area contributed by atoms with Crippen molar-refractivity contribution in [2.24, 2.45) is 22.9 Å². The molecule has 55 heavy (non-hydrogen) atoms. The number of allylic oxidation sites excluding steroid dienone is 1. The lowest BCUT2D eigenvalue weighted by molar-refractivity contribution is -0.223. The van der Waals surface area contributed by atoms with Crippen molar-refractivity contribution in [1.82, 2.24) is 0 Å². The van der Waals surface area contributed by atoms with Crippen molar-refractivity contribution in [3.8, 4) is 11.5 Å². The summed E-state index contributed by atoms with van der Waals surface area (Å²) in [6, 6.07) is 23.9. The van der Waals surface area contributed by atoms with Gasteiger partial charge in [-0.25, -0.2) is 0 Å². The molecule has 0 radical (unpaired) electrons. The minimum absolute atomic E-state index is 0.0523. The number of nitrogens with one attached hydrogen (secondary N) is 1. The van der Waals surface area contributed by atoms with Crippen LogP contribution in [-0.2, 0) is 21.0 Å². The number of amides is 1. The van der Waals surface area contributed by atoms with Crippen molar-refractivity contribution < 1.29 is 34.1 Å². The molecule has 292 valence electrons. The normalized spacial score (nSPS) is 24.5. The highest BCUT2D eigenvalue weighted by molar-refractivity contribution is 8.00. The molecule has 10 heteroatoms. The SMILES string of the molecule is C=CCOc1ccc2c(c1)C1C(CCCCO)C(CCCCO)C=C3C(=NOCc4ccccc4)CC(Sc4ccc(NC(C)=O)cc4)C(OCC=C)(O2)C31. The first-order valence-electron chi connectivity index (χ1n) is 19.4. The molecule has 9 nitrogen and oxygen atoms in total. The Bertz CT molecular complexity index is 1810. The topological polar surface area (TPSA) is 119 Å². The molecule has 0 saturated heterocycles. The second kappa shape index (κ2) is 19.5. The lowest BCUT2D eigenvalue weighted by atomic mass is 9.56. The number of carbonyl (C=O) groups is 1. The molecule has 3 aromatic carbocycles. The van der Waals surface area contributed by atoms with Gasteiger partial charge >= 0.3 is 0 Å². The Labute approximate surface area is 329 Å². The second-order valence-electron chi connectivity index (χ2n) is 14.4. The predicted octanol–water partition coefficient (Wildman–Crippen LogP) is 8.84. The van der Waals surface area contributed by atoms with Gasteiger partial charge in [-0.2, -0.15) is 0 Å². The molecule has 0 spiro atoms. The number of ether oxygens (including phenoxy) is 3. The molecule has 3 aromatic rings. The Morgan fingerprint density at radius 1 is 0.982 bits per heavy atom. The number of aliphatic hydroxyl groups excluding tert-OH is 2. The number of hydrogen-bond donors (Lipinski definition) is 3. The molecule has 1 fully saturated rings. The molecular formula is C45H54N2O7S. The molecule has 6 atom stereocenters. The van der Waals surface area contributed by atoms with Crippen LogP contribution in [0.5, 0.6) is 11.5 Å². The molecule has 2 aliphatic carbocycles. The van der Waals surface area contributed by atoms with Gasteiger partial charge < -0.3 is 34.6 Å². The van der Waals surface area contributed by atoms with Crippen LogP contribution in [-0.4, -0.2) is 59.3 Å². The molecule has 1 amide bonds. The third-order valence-electron chi connectivity index (χ3n) is 10.7. The van der Waals surface area contributed by atoms with Crippen LogP contribution >= 0.6 is 11.8 Å². The Balaban J connectivity index is 1.52. The fourth-order valence-electron chi connectivity index (χ4n) is 8.41. The van der Waals surface area contributed by atoms with Crippen LogP contribution in [0, 0.1) is 17.8 Å². The van der Waals surface area contributed by atoms with Crippen molar-refractivity contribution in [2.45, 2.75) is 80.3 Å². The minimum atomic E-state index is -1.12. The van der Waals surface area contributed by atoms with Gasteiger partial charge in [0.25, 0.3) is 0 Å². The maximum Gasteiger partial charge on any atom is 0.231 e. The molecule has 6 unspecified atom stereocenters. The highest BCUT2D eigenvalue weighted by Crippen LogP contribution is 2.63. The van der Waals surface area contributed by atoms with E-state index in [1.54, 1.807) is 23.9 Å². The number of carbonyl (C=O) groups excluding carboxylic acids is 1. The highest BCUT2D eigenvalue weighted by Gasteiger charge is 2.64. The van der Waals surface area contributed by atoms with E-state index in [9.17, 15) is 15.0 Å². The summed E-state index contributed by atoms with van der Waals surface area (Å²) in [5.74, 6) is 0.277. The molecule has 1 saturated carbocycles. The van der Waals surface area contributed by atoms with E-state index in [0.717, 1.165) is 76.6 Å². The maximum atomic E-state index is 11.8. The lowest BCUT2D eigenvalue weighted by Gasteiger charge is -2.58. The van der Waals surface area contributed by atoms with Gasteiger partial charge in [0.2, 0.25) is 11.7 Å². The van der Waals surface area contributed by atoms with Crippen LogP contribution < -0.4 is 14.8 Å². The molecule has 0 bridgehead atoms. The van der Waals surface area contributed by atoms with Gasteiger partial charge in [-0.3, -0.25) is 4.79 Å². The largest absolute Gasteiger partial charge is 0.490 e. The number of thioether (sulfide) groups is 1. The van der Waals surface area contributed by atoms with E-state index in [1.807, 2.05) is 66.7 Å². The Kier molecular flexibility index (Phi) is 14.3. The summed E-state index contributed by atoms with van der Waals surface area (Å²) in [7, 11) is 0. The van der Waals surface area contributed by atoms with Gasteiger partial charge in [-0.1, -0.05) is 73.1 Å². The number of benzene rings is 3. The van der Waals surface area contributed by atoms with E-state index in [0.29, 0.717) is 26.1 Å². The van der Waals surface area contributed by atoms with Gasteiger partial charge in [0, 0.05) is 48.6 Å². The van der Waals surface area contributed by atoms with Crippen molar-refractivity contribution in [3.05, 3.63) is 121 Å². The highest BCUT2D eigenvalue weighted by atomic mass is 32.2. The molecule has 1 aliphatic heterocycles. The van der Waals surface area contributed by atoms with Crippen LogP contribution in [0.25, 0.3) is 0 Å². The predicted molar refractivity (Wildman–Crippen MR) is 218 cm³/mol. The Hall–Kier alpha value is -4.35. The van der Waals surface area contributed by atoms with E-state index >= 15 is 0 Å². The van der Waals surface area contributed by atoms with Gasteiger partial charge in [0.1, 0.15) is 24.7 Å². The van der Waals surface area contributed by atoms with Crippen molar-refractivity contribution >= 4 is 29.1 Å². The first-order valence-corrected chi connectivity index (χ1v) is 20.3. The first-order chi connectivity index (χ1) is 26.9. The van der Waals surface area contributed by atoms with Crippen LogP contribution in [0.1, 0.15) is 68.9 Å². The van der Waals surface area contributed by atoms with E-state index in [2.05, 4.69) is 30.6 Å². The monoisotopic (exact) mass is 766 g/mol. The van der Waals surface area contributed by atoms with E-state index < -0.39 is 5.79 Å². The zero-order chi connectivity index (χ0) is 38.6. The maximum absolute atomic E-state index is 11.8. The summed E-state index contributed by atoms with van der Waals surface area (Å²) in [6.07, 6.45) is 11.4. The zero-order valence-corrected chi connectivity index (χ0v) is 32.6. The summed E-state index contributed by atoms with van der Waals surface area (Å²) in [4.78, 5) is 19.0. The number of oxime groups is 1. The molecule has 0 aromatic heterocycles. The fourth-order valence-corrected chi connectivity index (χ4v) is 9.70. The molecule has 6 rings (SSSR count). The third kappa shape index (κ3) is 9.55. The summed E-state index contributed by atoms with van der Waals surface area (Å²) in [5.41, 5.74) is 4.74. The van der Waals surface area contributed by atoms with E-state index in [4.69, 9.17) is 24.2 Å². The summed E-state index contributed by atoms with van der Waals surface area (Å²) in [6.45, 7) is 10.7. The number of rotatable bonds is 20. The van der Waals surface area contributed by atoms with Crippen molar-refractivity contribution in [1.29, 1.82) is 0 Å². The van der Waals surface area contributed by atoms with Gasteiger partial charge in [0.05, 0.1) is 23.5 Å². The number of hydrogen-bond acceptors (Lipinski definition) is 9. The molecule has 3 N–H and O–H groups in total. The number of nitrogens with zero attached hydrogens (tertiary/aromatic N) is 1. The molecular weight excluding hydrogens is 713 g/mol. The van der Waals surface area contributed by atoms with Crippen LogP contribution in [0.3, 0.4) is 0 Å². The summed E-state index contributed by atoms with van der Waals surface area (Å²) < 4.78 is 20.4. The Morgan fingerprint density at radius 3 is 2.44 bits per heavy atom. The van der Waals surface area contributed by atoms with Crippen LogP contribution in [0.2, 0.25) is 0 Å². The summed E-state index contributed by atoms with van der Waals surface area (Å²) in [5, 5.41) is 27.2. The second-order valence-corrected chi connectivity index (χ2v) is 15.7. The number of aliphatic hydroxyl groups is 2. The molecule has 1 heterocycles. The Morgan fingerprint density at radius 2 is 1.73 bits per heavy atom. The average Bonchev–Trinajstić information content (AvgIpc) is 3.19. The quantitative estimate of drug-likeness (QED) is 0.0594. The number of fused-ring (bicyclic) bond motifs is 2. The molecule has 3 aliphatic rings. The zero-order valence-electron chi connectivity index (χ0n) is 31.7. The number of anilines is 1. The smallest absolute Gasteiger partial charge is 0.231 e. The standard InChI is InChI=1S/C45H54N2O7S/c1-4-25-51-35-19-22-41-39(28-35)43-37(16-10-12-24-49)33(15-9-11-23-48)27-38-40(47-53-30-32-13-7-6-8-14-32)29-42(45(54-41,44(38)43)52-26-5-2)55-36-20-17-34(18-21-36)46-31(3)50/h4-8,13-14,17-22,27-28,33,37,42-44,48-49H,1-2,9-12,15-16,23-26,29-30H2,3H3,(H,46,50). The van der Waals surface area contributed by atoms with Crippen LogP contribution in [0.4, 0.5) is 5.69 Å². The van der Waals surface area contributed by atoms with Gasteiger partial charge in [0.15, 0.2) is 0 Å². The average molecular weight is 767 g/mol. The van der Waals surface area contributed by atoms with Crippen molar-refractivity contribution in [2.75, 3.05) is 31.7 Å². The van der Waals surface area contributed by atoms with Crippen molar-refractivity contribution in [3.63, 3.8) is 0 Å². The minimum Gasteiger partial charge on any atom is -0.490 e. The van der Waals surface area contributed by atoms with E-state index in [1.165, 1.54) is 6.92 Å². The third-order valence-corrected chi connectivity index (χ3v) is 12.0. The summed E-state index contributed by atoms with van der Waals surface area (Å²) >= 11 is 1.67. The lowest BCUT2D eigenvalue weighted by Crippen LogP contribution is -2.64. The van der Waals surface area contributed by atoms with Crippen LogP contribution in [0.15, 0.2) is 120 Å². The van der Waals surface area contributed by atoms with E-state index in [-0.39, 0.29) is 54.6 Å². The fraction of sp³-hybridized carbons (Fsp3) is 0.422.